The number of hydrogen-bond acceptors (Lipinski definition) is 6. The van der Waals surface area contributed by atoms with Gasteiger partial charge in [0.2, 0.25) is 0 Å². The highest BCUT2D eigenvalue weighted by atomic mass is 32.2. The van der Waals surface area contributed by atoms with Gasteiger partial charge in [-0.15, -0.1) is 0 Å². The van der Waals surface area contributed by atoms with Crippen molar-refractivity contribution < 1.29 is 13.2 Å². The zero-order chi connectivity index (χ0) is 15.1. The summed E-state index contributed by atoms with van der Waals surface area (Å²) in [4.78, 5) is 2.28. The van der Waals surface area contributed by atoms with Crippen molar-refractivity contribution in [2.24, 2.45) is 0 Å². The fraction of sp³-hybridized carbons (Fsp3) is 0.750. The Hall–Kier alpha value is -1.00. The van der Waals surface area contributed by atoms with Crippen molar-refractivity contribution in [1.29, 1.82) is 0 Å². The van der Waals surface area contributed by atoms with Gasteiger partial charge in [-0.25, -0.2) is 13.1 Å². The second-order valence-corrected chi connectivity index (χ2v) is 6.66. The van der Waals surface area contributed by atoms with E-state index in [-0.39, 0.29) is 5.03 Å². The molecule has 0 unspecified atom stereocenters. The minimum absolute atomic E-state index is 0.142. The maximum Gasteiger partial charge on any atom is 0.257 e. The molecule has 1 aromatic rings. The van der Waals surface area contributed by atoms with E-state index in [4.69, 9.17) is 4.74 Å². The maximum absolute atomic E-state index is 12.2. The van der Waals surface area contributed by atoms with Gasteiger partial charge in [-0.2, -0.15) is 5.10 Å². The molecule has 2 rings (SSSR count). The van der Waals surface area contributed by atoms with Crippen molar-refractivity contribution in [3.8, 4) is 0 Å². The molecular formula is C12H23N5O3S. The second kappa shape index (κ2) is 7.85. The van der Waals surface area contributed by atoms with Crippen molar-refractivity contribution >= 4 is 10.0 Å². The molecule has 1 aliphatic heterocycles. The minimum Gasteiger partial charge on any atom is -0.379 e. The van der Waals surface area contributed by atoms with Crippen LogP contribution < -0.4 is 10.0 Å². The lowest BCUT2D eigenvalue weighted by molar-refractivity contribution is 0.0376. The third-order valence-corrected chi connectivity index (χ3v) is 4.84. The molecule has 8 nitrogen and oxygen atoms in total. The molecule has 0 bridgehead atoms. The maximum atomic E-state index is 12.2. The van der Waals surface area contributed by atoms with Crippen LogP contribution in [0.15, 0.2) is 11.2 Å². The number of nitrogens with one attached hydrogen (secondary N) is 3. The summed E-state index contributed by atoms with van der Waals surface area (Å²) in [5, 5.41) is 9.42. The molecule has 1 saturated heterocycles. The summed E-state index contributed by atoms with van der Waals surface area (Å²) in [5.74, 6) is 0. The highest BCUT2D eigenvalue weighted by Crippen LogP contribution is 2.11. The number of ether oxygens (including phenoxy) is 1. The molecule has 1 aromatic heterocycles. The van der Waals surface area contributed by atoms with Crippen molar-refractivity contribution in [1.82, 2.24) is 25.1 Å². The monoisotopic (exact) mass is 317 g/mol. The van der Waals surface area contributed by atoms with Crippen LogP contribution in [0.4, 0.5) is 0 Å². The first-order chi connectivity index (χ1) is 10.1. The van der Waals surface area contributed by atoms with Crippen LogP contribution in [0.2, 0.25) is 0 Å². The summed E-state index contributed by atoms with van der Waals surface area (Å²) >= 11 is 0. The lowest BCUT2D eigenvalue weighted by Crippen LogP contribution is -2.38. The van der Waals surface area contributed by atoms with E-state index in [0.717, 1.165) is 39.3 Å². The molecule has 3 N–H and O–H groups in total. The molecule has 1 aliphatic rings. The Bertz CT molecular complexity index is 525. The Morgan fingerprint density at radius 1 is 1.43 bits per heavy atom. The van der Waals surface area contributed by atoms with E-state index in [1.165, 1.54) is 6.20 Å². The van der Waals surface area contributed by atoms with Crippen LogP contribution in [0.5, 0.6) is 0 Å². The van der Waals surface area contributed by atoms with E-state index < -0.39 is 10.0 Å². The van der Waals surface area contributed by atoms with Gasteiger partial charge in [-0.1, -0.05) is 0 Å². The van der Waals surface area contributed by atoms with Gasteiger partial charge in [-0.05, 0) is 20.0 Å². The molecule has 0 amide bonds. The summed E-state index contributed by atoms with van der Waals surface area (Å²) in [6.45, 7) is 5.09. The van der Waals surface area contributed by atoms with Gasteiger partial charge in [0.05, 0.1) is 19.4 Å². The normalized spacial score (nSPS) is 17.2. The fourth-order valence-corrected chi connectivity index (χ4v) is 3.45. The van der Waals surface area contributed by atoms with Crippen LogP contribution in [0.1, 0.15) is 12.0 Å². The molecule has 120 valence electrons. The number of nitrogens with zero attached hydrogens (tertiary/aromatic N) is 2. The number of aromatic amines is 1. The first-order valence-electron chi connectivity index (χ1n) is 7.10. The van der Waals surface area contributed by atoms with Crippen LogP contribution in [-0.2, 0) is 21.3 Å². The summed E-state index contributed by atoms with van der Waals surface area (Å²) in [7, 11) is -1.76. The number of rotatable bonds is 8. The molecule has 0 aromatic carbocycles. The largest absolute Gasteiger partial charge is 0.379 e. The fourth-order valence-electron chi connectivity index (χ4n) is 2.25. The highest BCUT2D eigenvalue weighted by Gasteiger charge is 2.20. The van der Waals surface area contributed by atoms with Crippen molar-refractivity contribution in [3.05, 3.63) is 11.8 Å². The molecular weight excluding hydrogens is 294 g/mol. The lowest BCUT2D eigenvalue weighted by atomic mass is 10.3. The van der Waals surface area contributed by atoms with Gasteiger partial charge < -0.3 is 10.1 Å². The first kappa shape index (κ1) is 16.4. The molecule has 0 radical (unpaired) electrons. The summed E-state index contributed by atoms with van der Waals surface area (Å²) in [6.07, 6.45) is 2.30. The van der Waals surface area contributed by atoms with E-state index in [0.29, 0.717) is 18.7 Å². The van der Waals surface area contributed by atoms with Gasteiger partial charge >= 0.3 is 0 Å². The molecule has 2 heterocycles. The van der Waals surface area contributed by atoms with Crippen molar-refractivity contribution in [3.63, 3.8) is 0 Å². The Morgan fingerprint density at radius 2 is 2.19 bits per heavy atom. The number of aromatic nitrogens is 2. The van der Waals surface area contributed by atoms with Crippen molar-refractivity contribution in [2.45, 2.75) is 18.0 Å². The average Bonchev–Trinajstić information content (AvgIpc) is 2.94. The predicted molar refractivity (Wildman–Crippen MR) is 78.4 cm³/mol. The molecule has 21 heavy (non-hydrogen) atoms. The van der Waals surface area contributed by atoms with Crippen LogP contribution in [0, 0.1) is 0 Å². The summed E-state index contributed by atoms with van der Waals surface area (Å²) < 4.78 is 32.3. The van der Waals surface area contributed by atoms with Gasteiger partial charge in [0.15, 0.2) is 5.03 Å². The quantitative estimate of drug-likeness (QED) is 0.539. The van der Waals surface area contributed by atoms with E-state index >= 15 is 0 Å². The number of hydrogen-bond donors (Lipinski definition) is 3. The van der Waals surface area contributed by atoms with Crippen LogP contribution in [0.25, 0.3) is 0 Å². The van der Waals surface area contributed by atoms with E-state index in [2.05, 4.69) is 25.1 Å². The average molecular weight is 317 g/mol. The predicted octanol–water partition coefficient (Wildman–Crippen LogP) is -0.870. The molecule has 9 heteroatoms. The van der Waals surface area contributed by atoms with Gasteiger partial charge in [0, 0.05) is 31.7 Å². The Balaban J connectivity index is 1.79. The lowest BCUT2D eigenvalue weighted by Gasteiger charge is -2.26. The minimum atomic E-state index is -3.52. The Kier molecular flexibility index (Phi) is 6.12. The third kappa shape index (κ3) is 4.75. The molecule has 1 fully saturated rings. The highest BCUT2D eigenvalue weighted by molar-refractivity contribution is 7.89. The molecule has 0 atom stereocenters. The standard InChI is InChI=1S/C12H23N5O3S/c1-13-9-11-10-14-16-12(11)21(18,19)15-3-2-4-17-5-7-20-8-6-17/h10,13,15H,2-9H2,1H3,(H,14,16). The molecule has 0 spiro atoms. The number of H-pyrrole nitrogens is 1. The Labute approximate surface area is 125 Å². The second-order valence-electron chi connectivity index (χ2n) is 4.96. The van der Waals surface area contributed by atoms with E-state index in [1.807, 2.05) is 0 Å². The van der Waals surface area contributed by atoms with Gasteiger partial charge in [0.25, 0.3) is 10.0 Å². The topological polar surface area (TPSA) is 99.3 Å². The third-order valence-electron chi connectivity index (χ3n) is 3.36. The zero-order valence-corrected chi connectivity index (χ0v) is 13.1. The molecule has 0 saturated carbocycles. The number of sulfonamides is 1. The van der Waals surface area contributed by atoms with Gasteiger partial charge in [-0.3, -0.25) is 10.00 Å². The SMILES string of the molecule is CNCc1cn[nH]c1S(=O)(=O)NCCCN1CCOCC1. The smallest absolute Gasteiger partial charge is 0.257 e. The number of morpholine rings is 1. The van der Waals surface area contributed by atoms with Crippen LogP contribution in [0.3, 0.4) is 0 Å². The van der Waals surface area contributed by atoms with Crippen LogP contribution >= 0.6 is 0 Å². The van der Waals surface area contributed by atoms with Crippen LogP contribution in [-0.4, -0.2) is 70.0 Å². The van der Waals surface area contributed by atoms with Gasteiger partial charge in [0.1, 0.15) is 0 Å². The molecule has 0 aliphatic carbocycles. The van der Waals surface area contributed by atoms with E-state index in [9.17, 15) is 8.42 Å². The zero-order valence-electron chi connectivity index (χ0n) is 12.3. The first-order valence-corrected chi connectivity index (χ1v) is 8.58. The summed E-state index contributed by atoms with van der Waals surface area (Å²) in [5.41, 5.74) is 0.637. The summed E-state index contributed by atoms with van der Waals surface area (Å²) in [6, 6.07) is 0. The van der Waals surface area contributed by atoms with E-state index in [1.54, 1.807) is 7.05 Å². The Morgan fingerprint density at radius 3 is 2.90 bits per heavy atom. The van der Waals surface area contributed by atoms with Crippen molar-refractivity contribution in [2.75, 3.05) is 46.4 Å².